The van der Waals surface area contributed by atoms with Gasteiger partial charge in [0.1, 0.15) is 11.2 Å². The molecule has 0 aliphatic rings. The predicted octanol–water partition coefficient (Wildman–Crippen LogP) is 3.46. The van der Waals surface area contributed by atoms with E-state index in [-0.39, 0.29) is 12.2 Å². The van der Waals surface area contributed by atoms with Crippen molar-refractivity contribution in [2.24, 2.45) is 0 Å². The first kappa shape index (κ1) is 28.5. The van der Waals surface area contributed by atoms with E-state index in [1.165, 1.54) is 0 Å². The molecule has 8 nitrogen and oxygen atoms in total. The van der Waals surface area contributed by atoms with E-state index in [4.69, 9.17) is 9.47 Å². The molecule has 0 atom stereocenters. The van der Waals surface area contributed by atoms with Crippen LogP contribution in [-0.2, 0) is 9.47 Å². The summed E-state index contributed by atoms with van der Waals surface area (Å²) in [5, 5.41) is 5.63. The van der Waals surface area contributed by atoms with E-state index in [9.17, 15) is 9.59 Å². The molecule has 0 aromatic rings. The number of likely N-dealkylation sites (N-methyl/N-ethyl adjacent to an activating group) is 1. The van der Waals surface area contributed by atoms with Gasteiger partial charge in [0.2, 0.25) is 0 Å². The Hall–Kier alpha value is -1.54. The molecule has 0 aromatic heterocycles. The van der Waals surface area contributed by atoms with Gasteiger partial charge in [-0.15, -0.1) is 0 Å². The minimum atomic E-state index is -0.485. The van der Waals surface area contributed by atoms with Crippen molar-refractivity contribution in [1.82, 2.24) is 20.4 Å². The minimum absolute atomic E-state index is 0.376. The highest BCUT2D eigenvalue weighted by Gasteiger charge is 2.17. The van der Waals surface area contributed by atoms with E-state index < -0.39 is 11.2 Å². The van der Waals surface area contributed by atoms with Crippen LogP contribution in [0.3, 0.4) is 0 Å². The summed E-state index contributed by atoms with van der Waals surface area (Å²) in [5.74, 6) is 0. The Kier molecular flexibility index (Phi) is 13.7. The monoisotopic (exact) mass is 430 g/mol. The first-order valence-electron chi connectivity index (χ1n) is 11.2. The molecule has 2 N–H and O–H groups in total. The Morgan fingerprint density at radius 3 is 1.37 bits per heavy atom. The van der Waals surface area contributed by atoms with E-state index in [1.54, 1.807) is 0 Å². The molecule has 0 aliphatic carbocycles. The number of hydrogen-bond donors (Lipinski definition) is 2. The molecule has 0 rings (SSSR count). The molecule has 0 aliphatic heterocycles. The van der Waals surface area contributed by atoms with Gasteiger partial charge in [0, 0.05) is 26.2 Å². The van der Waals surface area contributed by atoms with Crippen LogP contribution in [0, 0.1) is 0 Å². The third-order valence-corrected chi connectivity index (χ3v) is 4.27. The summed E-state index contributed by atoms with van der Waals surface area (Å²) < 4.78 is 10.5. The summed E-state index contributed by atoms with van der Waals surface area (Å²) in [6.45, 7) is 22.4. The maximum atomic E-state index is 11.8. The van der Waals surface area contributed by atoms with Gasteiger partial charge >= 0.3 is 12.2 Å². The fourth-order valence-corrected chi connectivity index (χ4v) is 2.77. The molecular formula is C22H46N4O4. The van der Waals surface area contributed by atoms with E-state index >= 15 is 0 Å². The fourth-order valence-electron chi connectivity index (χ4n) is 2.77. The zero-order valence-electron chi connectivity index (χ0n) is 20.6. The van der Waals surface area contributed by atoms with Crippen molar-refractivity contribution >= 4 is 12.2 Å². The van der Waals surface area contributed by atoms with Gasteiger partial charge in [0.15, 0.2) is 0 Å². The Morgan fingerprint density at radius 1 is 0.667 bits per heavy atom. The van der Waals surface area contributed by atoms with Gasteiger partial charge in [-0.2, -0.15) is 0 Å². The Morgan fingerprint density at radius 2 is 1.03 bits per heavy atom. The highest BCUT2D eigenvalue weighted by Crippen LogP contribution is 2.07. The third-order valence-electron chi connectivity index (χ3n) is 4.27. The van der Waals surface area contributed by atoms with Gasteiger partial charge in [-0.25, -0.2) is 9.59 Å². The average Bonchev–Trinajstić information content (AvgIpc) is 2.59. The first-order valence-corrected chi connectivity index (χ1v) is 11.2. The number of rotatable bonds is 13. The van der Waals surface area contributed by atoms with Crippen molar-refractivity contribution in [2.45, 2.75) is 79.4 Å². The highest BCUT2D eigenvalue weighted by atomic mass is 16.6. The molecule has 0 bridgehead atoms. The van der Waals surface area contributed by atoms with Crippen molar-refractivity contribution in [1.29, 1.82) is 0 Å². The normalized spacial score (nSPS) is 12.2. The van der Waals surface area contributed by atoms with Crippen molar-refractivity contribution in [3.8, 4) is 0 Å². The van der Waals surface area contributed by atoms with Crippen LogP contribution in [0.25, 0.3) is 0 Å². The lowest BCUT2D eigenvalue weighted by molar-refractivity contribution is 0.0516. The largest absolute Gasteiger partial charge is 0.444 e. The molecule has 0 fully saturated rings. The second kappa shape index (κ2) is 14.5. The zero-order valence-corrected chi connectivity index (χ0v) is 20.6. The van der Waals surface area contributed by atoms with Crippen LogP contribution in [0.2, 0.25) is 0 Å². The molecule has 0 radical (unpaired) electrons. The second-order valence-electron chi connectivity index (χ2n) is 9.43. The van der Waals surface area contributed by atoms with Gasteiger partial charge in [0.25, 0.3) is 0 Å². The molecule has 0 aromatic carbocycles. The molecule has 0 heterocycles. The topological polar surface area (TPSA) is 83.1 Å². The number of nitrogens with zero attached hydrogens (tertiary/aromatic N) is 2. The number of alkyl carbamates (subject to hydrolysis) is 2. The van der Waals surface area contributed by atoms with Crippen molar-refractivity contribution in [3.63, 3.8) is 0 Å². The van der Waals surface area contributed by atoms with Gasteiger partial charge in [-0.05, 0) is 80.6 Å². The summed E-state index contributed by atoms with van der Waals surface area (Å²) >= 11 is 0. The molecule has 2 amide bonds. The zero-order chi connectivity index (χ0) is 23.2. The maximum absolute atomic E-state index is 11.8. The molecule has 0 spiro atoms. The molecule has 0 saturated carbocycles. The van der Waals surface area contributed by atoms with Crippen LogP contribution >= 0.6 is 0 Å². The Bertz CT molecular complexity index is 447. The fraction of sp³-hybridized carbons (Fsp3) is 0.909. The summed E-state index contributed by atoms with van der Waals surface area (Å²) in [4.78, 5) is 28.3. The van der Waals surface area contributed by atoms with Crippen LogP contribution in [0.15, 0.2) is 0 Å². The Labute approximate surface area is 184 Å². The van der Waals surface area contributed by atoms with Crippen LogP contribution in [0.1, 0.15) is 68.2 Å². The molecule has 30 heavy (non-hydrogen) atoms. The van der Waals surface area contributed by atoms with E-state index in [1.807, 2.05) is 41.5 Å². The average molecular weight is 431 g/mol. The van der Waals surface area contributed by atoms with Crippen LogP contribution < -0.4 is 10.6 Å². The minimum Gasteiger partial charge on any atom is -0.444 e. The summed E-state index contributed by atoms with van der Waals surface area (Å²) in [6, 6.07) is 0. The second-order valence-corrected chi connectivity index (χ2v) is 9.43. The number of ether oxygens (including phenoxy) is 2. The lowest BCUT2D eigenvalue weighted by Gasteiger charge is -2.26. The first-order chi connectivity index (χ1) is 13.9. The number of hydrogen-bond acceptors (Lipinski definition) is 6. The lowest BCUT2D eigenvalue weighted by atomic mass is 10.2. The van der Waals surface area contributed by atoms with Crippen molar-refractivity contribution in [3.05, 3.63) is 0 Å². The van der Waals surface area contributed by atoms with Crippen LogP contribution in [-0.4, -0.2) is 85.5 Å². The van der Waals surface area contributed by atoms with E-state index in [2.05, 4.69) is 34.3 Å². The SMILES string of the molecule is CCN(CC)CCN(CCCNC(=O)OC(C)(C)C)CCCNC(=O)OC(C)(C)C. The molecule has 178 valence electrons. The number of nitrogens with one attached hydrogen (secondary N) is 2. The lowest BCUT2D eigenvalue weighted by Crippen LogP contribution is -2.39. The highest BCUT2D eigenvalue weighted by molar-refractivity contribution is 5.67. The predicted molar refractivity (Wildman–Crippen MR) is 122 cm³/mol. The Balaban J connectivity index is 4.34. The van der Waals surface area contributed by atoms with Gasteiger partial charge in [-0.3, -0.25) is 0 Å². The number of carbonyl (C=O) groups excluding carboxylic acids is 2. The quantitative estimate of drug-likeness (QED) is 0.436. The molecule has 0 unspecified atom stereocenters. The summed E-state index contributed by atoms with van der Waals surface area (Å²) in [6.07, 6.45) is 0.936. The van der Waals surface area contributed by atoms with Crippen molar-refractivity contribution < 1.29 is 19.1 Å². The third kappa shape index (κ3) is 17.3. The van der Waals surface area contributed by atoms with Crippen LogP contribution in [0.4, 0.5) is 9.59 Å². The van der Waals surface area contributed by atoms with Gasteiger partial charge in [-0.1, -0.05) is 13.8 Å². The smallest absolute Gasteiger partial charge is 0.407 e. The number of carbonyl (C=O) groups is 2. The molecule has 8 heteroatoms. The molecular weight excluding hydrogens is 384 g/mol. The standard InChI is InChI=1S/C22H46N4O4/c1-9-25(10-2)17-18-26(15-11-13-23-19(27)29-21(3,4)5)16-12-14-24-20(28)30-22(6,7)8/h9-18H2,1-8H3,(H,23,27)(H,24,28). The van der Waals surface area contributed by atoms with Crippen LogP contribution in [0.5, 0.6) is 0 Å². The molecule has 0 saturated heterocycles. The number of amides is 2. The van der Waals surface area contributed by atoms with Crippen molar-refractivity contribution in [2.75, 3.05) is 52.4 Å². The van der Waals surface area contributed by atoms with Gasteiger partial charge < -0.3 is 29.9 Å². The summed E-state index contributed by atoms with van der Waals surface area (Å²) in [7, 11) is 0. The van der Waals surface area contributed by atoms with E-state index in [0.29, 0.717) is 13.1 Å². The maximum Gasteiger partial charge on any atom is 0.407 e. The summed E-state index contributed by atoms with van der Waals surface area (Å²) in [5.41, 5.74) is -0.970. The van der Waals surface area contributed by atoms with E-state index in [0.717, 1.165) is 52.1 Å². The van der Waals surface area contributed by atoms with Gasteiger partial charge in [0.05, 0.1) is 0 Å².